The molecule has 1 amide bonds. The van der Waals surface area contributed by atoms with Crippen LogP contribution < -0.4 is 5.32 Å². The van der Waals surface area contributed by atoms with E-state index in [2.05, 4.69) is 5.32 Å². The molecule has 0 radical (unpaired) electrons. The summed E-state index contributed by atoms with van der Waals surface area (Å²) < 4.78 is 36.9. The first-order valence-corrected chi connectivity index (χ1v) is 8.42. The van der Waals surface area contributed by atoms with Gasteiger partial charge in [-0.1, -0.05) is 54.6 Å². The molecule has 0 saturated heterocycles. The predicted octanol–water partition coefficient (Wildman–Crippen LogP) is 5.38. The number of carbonyl (C=O) groups excluding carboxylic acids is 1. The first-order valence-electron chi connectivity index (χ1n) is 8.42. The molecule has 0 unspecified atom stereocenters. The van der Waals surface area contributed by atoms with Crippen LogP contribution >= 0.6 is 0 Å². The number of hydroxylamine groups is 2. The first-order chi connectivity index (χ1) is 13.3. The van der Waals surface area contributed by atoms with Gasteiger partial charge in [-0.2, -0.15) is 13.2 Å². The van der Waals surface area contributed by atoms with E-state index < -0.39 is 18.6 Å². The second-order valence-corrected chi connectivity index (χ2v) is 6.13. The molecule has 7 heteroatoms. The summed E-state index contributed by atoms with van der Waals surface area (Å²) in [5.41, 5.74) is 4.13. The molecular formula is C21H17F3N2O2. The number of halogens is 3. The van der Waals surface area contributed by atoms with Crippen LogP contribution in [-0.2, 0) is 11.3 Å². The second kappa shape index (κ2) is 8.14. The van der Waals surface area contributed by atoms with Gasteiger partial charge in [0.25, 0.3) is 0 Å². The van der Waals surface area contributed by atoms with Crippen molar-refractivity contribution in [2.45, 2.75) is 12.7 Å². The summed E-state index contributed by atoms with van der Waals surface area (Å²) in [5.74, 6) is -2.30. The first kappa shape index (κ1) is 19.4. The molecule has 0 saturated carbocycles. The summed E-state index contributed by atoms with van der Waals surface area (Å²) in [6, 6.07) is 24.2. The van der Waals surface area contributed by atoms with Crippen LogP contribution in [0.5, 0.6) is 0 Å². The van der Waals surface area contributed by atoms with Gasteiger partial charge in [-0.25, -0.2) is 5.06 Å². The van der Waals surface area contributed by atoms with E-state index in [0.29, 0.717) is 5.56 Å². The van der Waals surface area contributed by atoms with Gasteiger partial charge in [0, 0.05) is 11.4 Å². The third kappa shape index (κ3) is 4.89. The minimum Gasteiger partial charge on any atom is -0.356 e. The Morgan fingerprint density at radius 1 is 0.821 bits per heavy atom. The van der Waals surface area contributed by atoms with Crippen molar-refractivity contribution in [3.8, 4) is 11.1 Å². The Morgan fingerprint density at radius 3 is 1.86 bits per heavy atom. The fourth-order valence-corrected chi connectivity index (χ4v) is 2.63. The lowest BCUT2D eigenvalue weighted by Gasteiger charge is -2.16. The maximum absolute atomic E-state index is 12.3. The number of amides is 1. The van der Waals surface area contributed by atoms with Crippen LogP contribution in [0.3, 0.4) is 0 Å². The quantitative estimate of drug-likeness (QED) is 0.457. The van der Waals surface area contributed by atoms with Crippen molar-refractivity contribution in [1.29, 1.82) is 0 Å². The fourth-order valence-electron chi connectivity index (χ4n) is 2.63. The molecule has 0 atom stereocenters. The standard InChI is InChI=1S/C21H17F3N2O2/c22-21(23,24)20(27)26(28)14-15-6-10-18(11-7-15)25-19-12-8-17(9-13-19)16-4-2-1-3-5-16/h1-13,25,28H,14H2. The topological polar surface area (TPSA) is 52.6 Å². The summed E-state index contributed by atoms with van der Waals surface area (Å²) in [6.45, 7) is -0.551. The van der Waals surface area contributed by atoms with Crippen LogP contribution in [0.25, 0.3) is 11.1 Å². The zero-order chi connectivity index (χ0) is 20.1. The van der Waals surface area contributed by atoms with Gasteiger partial charge in [0.15, 0.2) is 0 Å². The average Bonchev–Trinajstić information content (AvgIpc) is 2.69. The third-order valence-corrected chi connectivity index (χ3v) is 4.04. The minimum atomic E-state index is -5.11. The lowest BCUT2D eigenvalue weighted by Crippen LogP contribution is -2.38. The Kier molecular flexibility index (Phi) is 5.65. The molecule has 0 aromatic heterocycles. The molecule has 0 bridgehead atoms. The van der Waals surface area contributed by atoms with Crippen molar-refractivity contribution >= 4 is 17.3 Å². The van der Waals surface area contributed by atoms with Crippen LogP contribution in [0.4, 0.5) is 24.5 Å². The maximum atomic E-state index is 12.3. The summed E-state index contributed by atoms with van der Waals surface area (Å²) >= 11 is 0. The smallest absolute Gasteiger partial charge is 0.356 e. The molecule has 0 aliphatic heterocycles. The van der Waals surface area contributed by atoms with Crippen LogP contribution in [0, 0.1) is 0 Å². The number of rotatable bonds is 5. The van der Waals surface area contributed by atoms with Crippen LogP contribution in [0.15, 0.2) is 78.9 Å². The SMILES string of the molecule is O=C(N(O)Cc1ccc(Nc2ccc(-c3ccccc3)cc2)cc1)C(F)(F)F. The number of carbonyl (C=O) groups is 1. The zero-order valence-electron chi connectivity index (χ0n) is 14.6. The van der Waals surface area contributed by atoms with Crippen molar-refractivity contribution < 1.29 is 23.2 Å². The molecule has 0 fully saturated rings. The third-order valence-electron chi connectivity index (χ3n) is 4.04. The molecular weight excluding hydrogens is 369 g/mol. The normalized spacial score (nSPS) is 11.1. The summed E-state index contributed by atoms with van der Waals surface area (Å²) in [6.07, 6.45) is -5.11. The highest BCUT2D eigenvalue weighted by Gasteiger charge is 2.42. The number of anilines is 2. The Bertz CT molecular complexity index is 925. The zero-order valence-corrected chi connectivity index (χ0v) is 14.6. The molecule has 0 heterocycles. The van der Waals surface area contributed by atoms with Crippen molar-refractivity contribution in [3.05, 3.63) is 84.4 Å². The Hall–Kier alpha value is -3.32. The number of hydrogen-bond acceptors (Lipinski definition) is 3. The van der Waals surface area contributed by atoms with Gasteiger partial charge in [0.1, 0.15) is 0 Å². The number of nitrogens with zero attached hydrogens (tertiary/aromatic N) is 1. The highest BCUT2D eigenvalue weighted by Crippen LogP contribution is 2.24. The lowest BCUT2D eigenvalue weighted by atomic mass is 10.1. The van der Waals surface area contributed by atoms with Crippen molar-refractivity contribution in [2.24, 2.45) is 0 Å². The molecule has 0 spiro atoms. The second-order valence-electron chi connectivity index (χ2n) is 6.13. The fraction of sp³-hybridized carbons (Fsp3) is 0.0952. The number of nitrogens with one attached hydrogen (secondary N) is 1. The highest BCUT2D eigenvalue weighted by molar-refractivity contribution is 5.80. The number of alkyl halides is 3. The minimum absolute atomic E-state index is 0.343. The van der Waals surface area contributed by atoms with Gasteiger partial charge in [0.2, 0.25) is 0 Å². The van der Waals surface area contributed by atoms with Gasteiger partial charge in [0.05, 0.1) is 6.54 Å². The van der Waals surface area contributed by atoms with E-state index in [-0.39, 0.29) is 5.06 Å². The van der Waals surface area contributed by atoms with Crippen molar-refractivity contribution in [3.63, 3.8) is 0 Å². The van der Waals surface area contributed by atoms with Gasteiger partial charge in [-0.15, -0.1) is 0 Å². The van der Waals surface area contributed by atoms with E-state index in [1.165, 1.54) is 12.1 Å². The summed E-state index contributed by atoms with van der Waals surface area (Å²) in [5, 5.41) is 12.1. The van der Waals surface area contributed by atoms with Gasteiger partial charge < -0.3 is 5.32 Å². The lowest BCUT2D eigenvalue weighted by molar-refractivity contribution is -0.217. The van der Waals surface area contributed by atoms with E-state index in [0.717, 1.165) is 22.5 Å². The monoisotopic (exact) mass is 386 g/mol. The van der Waals surface area contributed by atoms with E-state index in [1.807, 2.05) is 54.6 Å². The summed E-state index contributed by atoms with van der Waals surface area (Å²) in [7, 11) is 0. The molecule has 4 nitrogen and oxygen atoms in total. The molecule has 0 aliphatic rings. The Morgan fingerprint density at radius 2 is 1.32 bits per heavy atom. The van der Waals surface area contributed by atoms with Gasteiger partial charge >= 0.3 is 12.1 Å². The van der Waals surface area contributed by atoms with E-state index in [1.54, 1.807) is 12.1 Å². The van der Waals surface area contributed by atoms with E-state index >= 15 is 0 Å². The van der Waals surface area contributed by atoms with Crippen LogP contribution in [0.1, 0.15) is 5.56 Å². The predicted molar refractivity (Wildman–Crippen MR) is 100.0 cm³/mol. The summed E-state index contributed by atoms with van der Waals surface area (Å²) in [4.78, 5) is 10.9. The highest BCUT2D eigenvalue weighted by atomic mass is 19.4. The molecule has 3 aromatic rings. The van der Waals surface area contributed by atoms with Crippen LogP contribution in [-0.4, -0.2) is 22.4 Å². The van der Waals surface area contributed by atoms with E-state index in [9.17, 15) is 23.2 Å². The van der Waals surface area contributed by atoms with E-state index in [4.69, 9.17) is 0 Å². The molecule has 0 aliphatic carbocycles. The maximum Gasteiger partial charge on any atom is 0.473 e. The average molecular weight is 386 g/mol. The number of hydrogen-bond donors (Lipinski definition) is 2. The molecule has 3 aromatic carbocycles. The van der Waals surface area contributed by atoms with Crippen molar-refractivity contribution in [1.82, 2.24) is 5.06 Å². The van der Waals surface area contributed by atoms with Crippen molar-refractivity contribution in [2.75, 3.05) is 5.32 Å². The Balaban J connectivity index is 1.62. The van der Waals surface area contributed by atoms with Gasteiger partial charge in [-0.3, -0.25) is 10.0 Å². The molecule has 28 heavy (non-hydrogen) atoms. The molecule has 144 valence electrons. The molecule has 3 rings (SSSR count). The largest absolute Gasteiger partial charge is 0.473 e. The Labute approximate surface area is 159 Å². The van der Waals surface area contributed by atoms with Crippen LogP contribution in [0.2, 0.25) is 0 Å². The molecule has 2 N–H and O–H groups in total. The van der Waals surface area contributed by atoms with Gasteiger partial charge in [-0.05, 0) is 41.0 Å². The number of benzene rings is 3.